The van der Waals surface area contributed by atoms with E-state index in [9.17, 15) is 13.2 Å². The van der Waals surface area contributed by atoms with Crippen LogP contribution in [0.4, 0.5) is 0 Å². The zero-order valence-electron chi connectivity index (χ0n) is 11.0. The molecule has 1 amide bonds. The van der Waals surface area contributed by atoms with Gasteiger partial charge in [-0.15, -0.1) is 0 Å². The Bertz CT molecular complexity index is 511. The first-order valence-corrected chi connectivity index (χ1v) is 7.41. The highest BCUT2D eigenvalue weighted by molar-refractivity contribution is 7.89. The van der Waals surface area contributed by atoms with Gasteiger partial charge < -0.3 is 10.1 Å². The van der Waals surface area contributed by atoms with Crippen LogP contribution in [0.2, 0.25) is 0 Å². The zero-order valence-corrected chi connectivity index (χ0v) is 11.8. The Labute approximate surface area is 113 Å². The molecule has 7 heteroatoms. The number of carbonyl (C=O) groups excluding carboxylic acids is 1. The summed E-state index contributed by atoms with van der Waals surface area (Å²) in [5.74, 6) is 0.431. The fourth-order valence-corrected chi connectivity index (χ4v) is 2.42. The maximum atomic E-state index is 11.9. The van der Waals surface area contributed by atoms with Crippen LogP contribution in [-0.2, 0) is 14.8 Å². The van der Waals surface area contributed by atoms with Crippen molar-refractivity contribution >= 4 is 15.9 Å². The van der Waals surface area contributed by atoms with Gasteiger partial charge in [-0.1, -0.05) is 0 Å². The molecule has 0 atom stereocenters. The number of ether oxygens (including phenoxy) is 1. The molecule has 0 aliphatic rings. The van der Waals surface area contributed by atoms with Crippen molar-refractivity contribution in [1.82, 2.24) is 10.0 Å². The third-order valence-corrected chi connectivity index (χ3v) is 3.71. The molecule has 0 unspecified atom stereocenters. The second kappa shape index (κ2) is 7.10. The van der Waals surface area contributed by atoms with E-state index in [1.165, 1.54) is 19.1 Å². The molecule has 0 spiro atoms. The Morgan fingerprint density at radius 2 is 1.84 bits per heavy atom. The van der Waals surface area contributed by atoms with E-state index in [0.717, 1.165) is 0 Å². The monoisotopic (exact) mass is 286 g/mol. The molecule has 0 fully saturated rings. The molecule has 0 radical (unpaired) electrons. The van der Waals surface area contributed by atoms with Crippen molar-refractivity contribution < 1.29 is 17.9 Å². The van der Waals surface area contributed by atoms with E-state index in [1.807, 2.05) is 6.92 Å². The Balaban J connectivity index is 2.59. The number of sulfonamides is 1. The average molecular weight is 286 g/mol. The van der Waals surface area contributed by atoms with Gasteiger partial charge in [-0.25, -0.2) is 13.1 Å². The van der Waals surface area contributed by atoms with Crippen molar-refractivity contribution in [3.63, 3.8) is 0 Å². The van der Waals surface area contributed by atoms with Crippen LogP contribution in [0.15, 0.2) is 29.2 Å². The summed E-state index contributed by atoms with van der Waals surface area (Å²) in [6, 6.07) is 6.16. The summed E-state index contributed by atoms with van der Waals surface area (Å²) in [6.07, 6.45) is 0. The molecular formula is C12H18N2O4S. The lowest BCUT2D eigenvalue weighted by Crippen LogP contribution is -2.33. The van der Waals surface area contributed by atoms with E-state index >= 15 is 0 Å². The van der Waals surface area contributed by atoms with Crippen LogP contribution < -0.4 is 14.8 Å². The van der Waals surface area contributed by atoms with Gasteiger partial charge in [-0.05, 0) is 31.2 Å². The molecule has 1 aromatic carbocycles. The molecule has 0 bridgehead atoms. The summed E-state index contributed by atoms with van der Waals surface area (Å²) < 4.78 is 31.4. The third-order valence-electron chi connectivity index (χ3n) is 2.24. The van der Waals surface area contributed by atoms with E-state index in [4.69, 9.17) is 4.74 Å². The number of amides is 1. The summed E-state index contributed by atoms with van der Waals surface area (Å²) in [5.41, 5.74) is 0. The van der Waals surface area contributed by atoms with Crippen LogP contribution in [0.3, 0.4) is 0 Å². The smallest absolute Gasteiger partial charge is 0.240 e. The van der Waals surface area contributed by atoms with Gasteiger partial charge in [0.25, 0.3) is 0 Å². The Kier molecular flexibility index (Phi) is 5.78. The quantitative estimate of drug-likeness (QED) is 0.715. The molecule has 2 N–H and O–H groups in total. The van der Waals surface area contributed by atoms with Crippen LogP contribution in [0.25, 0.3) is 0 Å². The van der Waals surface area contributed by atoms with Crippen molar-refractivity contribution in [3.8, 4) is 5.75 Å². The second-order valence-electron chi connectivity index (χ2n) is 3.79. The fraction of sp³-hybridized carbons (Fsp3) is 0.417. The minimum atomic E-state index is -3.55. The Hall–Kier alpha value is -1.60. The molecule has 6 nitrogen and oxygen atoms in total. The molecule has 106 valence electrons. The summed E-state index contributed by atoms with van der Waals surface area (Å²) in [7, 11) is -3.55. The number of hydrogen-bond donors (Lipinski definition) is 2. The van der Waals surface area contributed by atoms with E-state index in [0.29, 0.717) is 12.4 Å². The van der Waals surface area contributed by atoms with Gasteiger partial charge in [0.05, 0.1) is 11.5 Å². The molecule has 19 heavy (non-hydrogen) atoms. The maximum absolute atomic E-state index is 11.9. The SMILES string of the molecule is CCOc1ccc(S(=O)(=O)NCCNC(C)=O)cc1. The number of hydrogen-bond acceptors (Lipinski definition) is 4. The van der Waals surface area contributed by atoms with Crippen LogP contribution in [-0.4, -0.2) is 34.0 Å². The van der Waals surface area contributed by atoms with Crippen LogP contribution >= 0.6 is 0 Å². The van der Waals surface area contributed by atoms with Crippen molar-refractivity contribution in [2.24, 2.45) is 0 Å². The van der Waals surface area contributed by atoms with Crippen molar-refractivity contribution in [2.75, 3.05) is 19.7 Å². The lowest BCUT2D eigenvalue weighted by molar-refractivity contribution is -0.118. The van der Waals surface area contributed by atoms with Gasteiger partial charge in [0, 0.05) is 20.0 Å². The number of rotatable bonds is 7. The highest BCUT2D eigenvalue weighted by Gasteiger charge is 2.12. The van der Waals surface area contributed by atoms with Gasteiger partial charge >= 0.3 is 0 Å². The Morgan fingerprint density at radius 3 is 2.37 bits per heavy atom. The van der Waals surface area contributed by atoms with Gasteiger partial charge in [0.15, 0.2) is 0 Å². The highest BCUT2D eigenvalue weighted by Crippen LogP contribution is 2.15. The molecule has 0 saturated heterocycles. The highest BCUT2D eigenvalue weighted by atomic mass is 32.2. The predicted molar refractivity (Wildman–Crippen MR) is 71.5 cm³/mol. The van der Waals surface area contributed by atoms with Crippen LogP contribution in [0.1, 0.15) is 13.8 Å². The minimum absolute atomic E-state index is 0.148. The van der Waals surface area contributed by atoms with E-state index in [-0.39, 0.29) is 23.9 Å². The predicted octanol–water partition coefficient (Wildman–Crippen LogP) is 0.500. The fourth-order valence-electron chi connectivity index (χ4n) is 1.39. The second-order valence-corrected chi connectivity index (χ2v) is 5.55. The molecule has 0 aliphatic carbocycles. The summed E-state index contributed by atoms with van der Waals surface area (Å²) in [5, 5.41) is 2.51. The number of benzene rings is 1. The van der Waals surface area contributed by atoms with Crippen LogP contribution in [0, 0.1) is 0 Å². The maximum Gasteiger partial charge on any atom is 0.240 e. The molecule has 0 aliphatic heterocycles. The van der Waals surface area contributed by atoms with Crippen molar-refractivity contribution in [2.45, 2.75) is 18.7 Å². The molecule has 1 rings (SSSR count). The first-order valence-electron chi connectivity index (χ1n) is 5.92. The summed E-state index contributed by atoms with van der Waals surface area (Å²) >= 11 is 0. The first-order chi connectivity index (χ1) is 8.95. The molecule has 1 aromatic rings. The van der Waals surface area contributed by atoms with Gasteiger partial charge in [-0.2, -0.15) is 0 Å². The van der Waals surface area contributed by atoms with E-state index in [1.54, 1.807) is 12.1 Å². The van der Waals surface area contributed by atoms with Crippen molar-refractivity contribution in [1.29, 1.82) is 0 Å². The minimum Gasteiger partial charge on any atom is -0.494 e. The first kappa shape index (κ1) is 15.5. The molecular weight excluding hydrogens is 268 g/mol. The van der Waals surface area contributed by atoms with E-state index in [2.05, 4.69) is 10.0 Å². The number of carbonyl (C=O) groups is 1. The Morgan fingerprint density at radius 1 is 1.21 bits per heavy atom. The topological polar surface area (TPSA) is 84.5 Å². The molecule has 0 heterocycles. The third kappa shape index (κ3) is 5.27. The van der Waals surface area contributed by atoms with Gasteiger partial charge in [0.2, 0.25) is 15.9 Å². The van der Waals surface area contributed by atoms with Crippen LogP contribution in [0.5, 0.6) is 5.75 Å². The standard InChI is InChI=1S/C12H18N2O4S/c1-3-18-11-4-6-12(7-5-11)19(16,17)14-9-8-13-10(2)15/h4-7,14H,3,8-9H2,1-2H3,(H,13,15). The summed E-state index contributed by atoms with van der Waals surface area (Å²) in [4.78, 5) is 10.8. The lowest BCUT2D eigenvalue weighted by Gasteiger charge is -2.08. The molecule has 0 aromatic heterocycles. The normalized spacial score (nSPS) is 11.1. The van der Waals surface area contributed by atoms with E-state index < -0.39 is 10.0 Å². The number of nitrogens with one attached hydrogen (secondary N) is 2. The lowest BCUT2D eigenvalue weighted by atomic mass is 10.3. The average Bonchev–Trinajstić information content (AvgIpc) is 2.36. The largest absolute Gasteiger partial charge is 0.494 e. The van der Waals surface area contributed by atoms with Gasteiger partial charge in [-0.3, -0.25) is 4.79 Å². The summed E-state index contributed by atoms with van der Waals surface area (Å²) in [6.45, 7) is 4.16. The van der Waals surface area contributed by atoms with Gasteiger partial charge in [0.1, 0.15) is 5.75 Å². The van der Waals surface area contributed by atoms with Crippen molar-refractivity contribution in [3.05, 3.63) is 24.3 Å². The molecule has 0 saturated carbocycles. The zero-order chi connectivity index (χ0) is 14.3.